The van der Waals surface area contributed by atoms with Crippen molar-refractivity contribution in [3.8, 4) is 85.4 Å². The third-order valence-electron chi connectivity index (χ3n) is 25.3. The first kappa shape index (κ1) is 74.0. The van der Waals surface area contributed by atoms with Gasteiger partial charge in [-0.1, -0.05) is 264 Å². The summed E-state index contributed by atoms with van der Waals surface area (Å²) in [5, 5.41) is 27.5. The summed E-state index contributed by atoms with van der Waals surface area (Å²) in [5.74, 6) is 1.88. The molecule has 14 aromatic carbocycles. The predicted octanol–water partition coefficient (Wildman–Crippen LogP) is 26.9. The molecule has 580 valence electrons. The molecule has 19 aromatic rings. The lowest BCUT2D eigenvalue weighted by atomic mass is 9.33. The monoisotopic (exact) mass is 1560 g/mol. The Bertz CT molecular complexity index is 7540. The Balaban J connectivity index is 0.879. The van der Waals surface area contributed by atoms with E-state index >= 15 is 0 Å². The lowest BCUT2D eigenvalue weighted by molar-refractivity contribution is 0.590. The SMILES string of the molecule is CC(C)c1ccc(-c2cc(-c3ccc4c(c3)B3c5cc(-c6cccc(-n7c8ccc(C#N)cc8c8cc(C(C)(C)C)ccc87)n6)ccc5N(c5ccc(C(C)(C)C)cc5-c5ccccc5)c5cc(-n6c7ccccc7c7ccccc76)cc(c53)N4c3ccccc3-c3ccccc3)nc(-n3c4ccc(C#N)cc4c4cc(C(C)(C)C)ccc43)c2)cc1. The molecule has 0 spiro atoms. The number of fused-ring (bicyclic) bond motifs is 13. The van der Waals surface area contributed by atoms with Gasteiger partial charge in [-0.2, -0.15) is 10.5 Å². The van der Waals surface area contributed by atoms with Crippen molar-refractivity contribution in [1.82, 2.24) is 23.7 Å². The minimum atomic E-state index is -0.422. The molecule has 7 heterocycles. The predicted molar refractivity (Wildman–Crippen MR) is 506 cm³/mol. The van der Waals surface area contributed by atoms with Crippen LogP contribution >= 0.6 is 0 Å². The van der Waals surface area contributed by atoms with Gasteiger partial charge < -0.3 is 14.4 Å². The average molecular weight is 1560 g/mol. The smallest absolute Gasteiger partial charge is 0.252 e. The van der Waals surface area contributed by atoms with Gasteiger partial charge in [-0.3, -0.25) is 9.13 Å². The van der Waals surface area contributed by atoms with E-state index in [1.807, 2.05) is 24.3 Å². The maximum Gasteiger partial charge on any atom is 0.252 e. The van der Waals surface area contributed by atoms with Gasteiger partial charge in [-0.05, 0) is 234 Å². The van der Waals surface area contributed by atoms with Crippen LogP contribution in [0.4, 0.5) is 34.1 Å². The Morgan fingerprint density at radius 3 is 1.28 bits per heavy atom. The largest absolute Gasteiger partial charge is 0.311 e. The van der Waals surface area contributed by atoms with Crippen molar-refractivity contribution in [3.63, 3.8) is 0 Å². The zero-order valence-corrected chi connectivity index (χ0v) is 69.9. The summed E-state index contributed by atoms with van der Waals surface area (Å²) in [6, 6.07) is 126. The molecule has 0 radical (unpaired) electrons. The first-order valence-corrected chi connectivity index (χ1v) is 42.1. The molecule has 0 bridgehead atoms. The maximum atomic E-state index is 10.5. The van der Waals surface area contributed by atoms with Crippen LogP contribution in [0.1, 0.15) is 115 Å². The molecule has 0 N–H and O–H groups in total. The van der Waals surface area contributed by atoms with Crippen LogP contribution in [0.25, 0.3) is 139 Å². The summed E-state index contributed by atoms with van der Waals surface area (Å²) < 4.78 is 7.08. The van der Waals surface area contributed by atoms with E-state index < -0.39 is 6.71 Å². The average Bonchev–Trinajstić information content (AvgIpc) is 1.18. The van der Waals surface area contributed by atoms with Crippen LogP contribution in [0.5, 0.6) is 0 Å². The molecule has 121 heavy (non-hydrogen) atoms. The number of anilines is 6. The van der Waals surface area contributed by atoms with Crippen LogP contribution in [0.2, 0.25) is 0 Å². The number of nitriles is 2. The van der Waals surface area contributed by atoms with Crippen molar-refractivity contribution >= 4 is 123 Å². The lowest BCUT2D eigenvalue weighted by Crippen LogP contribution is -2.61. The molecule has 2 aliphatic heterocycles. The van der Waals surface area contributed by atoms with Crippen molar-refractivity contribution in [2.24, 2.45) is 0 Å². The lowest BCUT2D eigenvalue weighted by Gasteiger charge is -2.45. The van der Waals surface area contributed by atoms with Crippen molar-refractivity contribution < 1.29 is 0 Å². The third kappa shape index (κ3) is 12.2. The van der Waals surface area contributed by atoms with E-state index in [0.717, 1.165) is 178 Å². The van der Waals surface area contributed by atoms with Gasteiger partial charge in [0.25, 0.3) is 6.71 Å². The zero-order valence-electron chi connectivity index (χ0n) is 69.9. The van der Waals surface area contributed by atoms with Gasteiger partial charge in [-0.15, -0.1) is 0 Å². The van der Waals surface area contributed by atoms with E-state index in [1.165, 1.54) is 33.0 Å². The highest BCUT2D eigenvalue weighted by molar-refractivity contribution is 7.00. The summed E-state index contributed by atoms with van der Waals surface area (Å²) in [5.41, 5.74) is 32.6. The van der Waals surface area contributed by atoms with Gasteiger partial charge in [0.15, 0.2) is 0 Å². The van der Waals surface area contributed by atoms with Crippen molar-refractivity contribution in [3.05, 3.63) is 361 Å². The summed E-state index contributed by atoms with van der Waals surface area (Å²) in [6.07, 6.45) is 0. The fourth-order valence-corrected chi connectivity index (χ4v) is 19.1. The number of nitrogens with zero attached hydrogens (tertiary/aromatic N) is 9. The molecule has 21 rings (SSSR count). The third-order valence-corrected chi connectivity index (χ3v) is 25.3. The summed E-state index contributed by atoms with van der Waals surface area (Å²) in [6.45, 7) is 24.5. The van der Waals surface area contributed by atoms with E-state index in [-0.39, 0.29) is 16.2 Å². The summed E-state index contributed by atoms with van der Waals surface area (Å²) >= 11 is 0. The zero-order chi connectivity index (χ0) is 82.6. The molecular formula is C111H88BN9. The fraction of sp³-hybridized carbons (Fsp3) is 0.135. The molecule has 10 heteroatoms. The number of hydrogen-bond acceptors (Lipinski definition) is 6. The first-order chi connectivity index (χ1) is 58.6. The van der Waals surface area contributed by atoms with Crippen LogP contribution < -0.4 is 26.2 Å². The van der Waals surface area contributed by atoms with Gasteiger partial charge in [0.2, 0.25) is 0 Å². The molecule has 5 aromatic heterocycles. The summed E-state index contributed by atoms with van der Waals surface area (Å²) in [4.78, 5) is 17.0. The molecule has 0 atom stereocenters. The Kier molecular flexibility index (Phi) is 17.2. The van der Waals surface area contributed by atoms with Gasteiger partial charge in [0, 0.05) is 66.2 Å². The topological polar surface area (TPSA) is 94.6 Å². The van der Waals surface area contributed by atoms with Crippen LogP contribution in [0.3, 0.4) is 0 Å². The second-order valence-electron chi connectivity index (χ2n) is 36.2. The van der Waals surface area contributed by atoms with Crippen molar-refractivity contribution in [2.75, 3.05) is 9.80 Å². The normalized spacial score (nSPS) is 12.8. The van der Waals surface area contributed by atoms with Gasteiger partial charge in [-0.25, -0.2) is 9.97 Å². The number of aromatic nitrogens is 5. The van der Waals surface area contributed by atoms with E-state index in [0.29, 0.717) is 17.0 Å². The van der Waals surface area contributed by atoms with E-state index in [2.05, 4.69) is 415 Å². The Hall–Kier alpha value is -14.6. The second kappa shape index (κ2) is 28.1. The highest BCUT2D eigenvalue weighted by Crippen LogP contribution is 2.52. The maximum absolute atomic E-state index is 10.5. The van der Waals surface area contributed by atoms with Crippen LogP contribution in [0, 0.1) is 22.7 Å². The highest BCUT2D eigenvalue weighted by atomic mass is 15.2. The number of pyridine rings is 2. The molecule has 0 saturated carbocycles. The molecule has 0 saturated heterocycles. The minimum Gasteiger partial charge on any atom is -0.311 e. The first-order valence-electron chi connectivity index (χ1n) is 42.1. The molecule has 2 aliphatic rings. The minimum absolute atomic E-state index is 0.112. The van der Waals surface area contributed by atoms with Crippen LogP contribution in [-0.4, -0.2) is 30.4 Å². The molecule has 0 aliphatic carbocycles. The standard InChI is InChI=1S/C111H88BN9/c1-68(2)71-39-41-72(42-40-71)77-59-93(116-107(60-77)121-99-49-38-70(67-114)56-87(99)89-63-80(111(9,10)11)47-54-101(89)121)76-44-51-102-91(58-76)112-90-57-75(92-32-24-36-106(115-92)120-98-48-37-69(66-113)55-86(98)88-62-79(110(6,7)8)46-53-100(88)120)43-50-103(90)119(97-52-45-78(109(3,4)5)61-85(97)74-27-16-13-17-28-74)105-65-81(117-95-34-22-19-30-83(95)84-31-20-23-35-96(84)117)64-104(108(105)112)118(102)94-33-21-18-29-82(94)73-25-14-12-15-26-73/h12-65,68H,1-11H3. The van der Waals surface area contributed by atoms with Gasteiger partial charge in [0.1, 0.15) is 11.6 Å². The number of benzene rings is 14. The van der Waals surface area contributed by atoms with Crippen molar-refractivity contribution in [2.45, 2.75) is 98.3 Å². The van der Waals surface area contributed by atoms with Gasteiger partial charge >= 0.3 is 0 Å². The van der Waals surface area contributed by atoms with Crippen LogP contribution in [0.15, 0.2) is 328 Å². The molecule has 0 fully saturated rings. The summed E-state index contributed by atoms with van der Waals surface area (Å²) in [7, 11) is 0. The number of hydrogen-bond donors (Lipinski definition) is 0. The number of rotatable bonds is 11. The van der Waals surface area contributed by atoms with E-state index in [4.69, 9.17) is 9.97 Å². The Morgan fingerprint density at radius 1 is 0.298 bits per heavy atom. The van der Waals surface area contributed by atoms with Crippen molar-refractivity contribution in [1.29, 1.82) is 10.5 Å². The molecule has 0 unspecified atom stereocenters. The van der Waals surface area contributed by atoms with Gasteiger partial charge in [0.05, 0.1) is 84.8 Å². The van der Waals surface area contributed by atoms with Crippen LogP contribution in [-0.2, 0) is 16.2 Å². The Labute approximate surface area is 706 Å². The fourth-order valence-electron chi connectivity index (χ4n) is 19.1. The highest BCUT2D eigenvalue weighted by Gasteiger charge is 2.46. The van der Waals surface area contributed by atoms with E-state index in [1.54, 1.807) is 0 Å². The molecule has 9 nitrogen and oxygen atoms in total. The Morgan fingerprint density at radius 2 is 0.736 bits per heavy atom. The molecular weight excluding hydrogens is 1470 g/mol. The molecule has 0 amide bonds. The quantitative estimate of drug-likeness (QED) is 0.120. The number of para-hydroxylation sites is 3. The second-order valence-corrected chi connectivity index (χ2v) is 36.2. The van der Waals surface area contributed by atoms with E-state index in [9.17, 15) is 10.5 Å².